The lowest BCUT2D eigenvalue weighted by molar-refractivity contribution is 0.248. The first kappa shape index (κ1) is 18.8. The predicted molar refractivity (Wildman–Crippen MR) is 108 cm³/mol. The fourth-order valence-electron chi connectivity index (χ4n) is 2.63. The monoisotopic (exact) mass is 363 g/mol. The molecule has 0 saturated heterocycles. The number of hydrogen-bond acceptors (Lipinski definition) is 6. The van der Waals surface area contributed by atoms with Gasteiger partial charge in [0.15, 0.2) is 0 Å². The van der Waals surface area contributed by atoms with Gasteiger partial charge in [0.25, 0.3) is 0 Å². The highest BCUT2D eigenvalue weighted by atomic mass is 16.3. The van der Waals surface area contributed by atoms with Crippen molar-refractivity contribution in [3.05, 3.63) is 66.4 Å². The summed E-state index contributed by atoms with van der Waals surface area (Å²) in [7, 11) is 0. The van der Waals surface area contributed by atoms with Crippen LogP contribution in [-0.2, 0) is 6.54 Å². The fraction of sp³-hybridized carbons (Fsp3) is 0.286. The van der Waals surface area contributed by atoms with E-state index in [1.54, 1.807) is 6.20 Å². The third kappa shape index (κ3) is 5.24. The minimum atomic E-state index is -0.119. The van der Waals surface area contributed by atoms with Crippen molar-refractivity contribution in [3.63, 3.8) is 0 Å². The number of nitrogens with zero attached hydrogens (tertiary/aromatic N) is 3. The largest absolute Gasteiger partial charge is 0.394 e. The summed E-state index contributed by atoms with van der Waals surface area (Å²) in [6.45, 7) is 4.77. The number of benzene rings is 1. The number of aliphatic hydroxyl groups is 1. The summed E-state index contributed by atoms with van der Waals surface area (Å²) in [5.41, 5.74) is 2.67. The smallest absolute Gasteiger partial charge is 0.225 e. The van der Waals surface area contributed by atoms with Crippen molar-refractivity contribution < 1.29 is 5.11 Å². The highest BCUT2D eigenvalue weighted by Crippen LogP contribution is 2.21. The summed E-state index contributed by atoms with van der Waals surface area (Å²) in [4.78, 5) is 13.6. The van der Waals surface area contributed by atoms with E-state index in [2.05, 4.69) is 37.7 Å². The Kier molecular flexibility index (Phi) is 6.33. The molecule has 1 atom stereocenters. The predicted octanol–water partition coefficient (Wildman–Crippen LogP) is 3.58. The van der Waals surface area contributed by atoms with E-state index in [1.807, 2.05) is 56.3 Å². The molecule has 0 amide bonds. The second kappa shape index (κ2) is 9.09. The van der Waals surface area contributed by atoms with Crippen LogP contribution in [-0.4, -0.2) is 32.7 Å². The van der Waals surface area contributed by atoms with Crippen molar-refractivity contribution in [1.82, 2.24) is 15.0 Å². The highest BCUT2D eigenvalue weighted by Gasteiger charge is 2.15. The molecule has 0 saturated carbocycles. The Hall–Kier alpha value is -2.99. The normalized spacial score (nSPS) is 12.0. The van der Waals surface area contributed by atoms with E-state index in [1.165, 1.54) is 5.56 Å². The van der Waals surface area contributed by atoms with Gasteiger partial charge in [0, 0.05) is 18.8 Å². The van der Waals surface area contributed by atoms with Crippen molar-refractivity contribution in [2.45, 2.75) is 26.4 Å². The van der Waals surface area contributed by atoms with Gasteiger partial charge in [-0.3, -0.25) is 4.98 Å². The van der Waals surface area contributed by atoms with Gasteiger partial charge in [-0.25, -0.2) is 4.98 Å². The van der Waals surface area contributed by atoms with E-state index >= 15 is 0 Å². The van der Waals surface area contributed by atoms with E-state index in [0.717, 1.165) is 11.4 Å². The molecule has 6 heteroatoms. The van der Waals surface area contributed by atoms with Crippen LogP contribution in [0.2, 0.25) is 0 Å². The molecule has 0 aliphatic carbocycles. The fourth-order valence-corrected chi connectivity index (χ4v) is 2.63. The lowest BCUT2D eigenvalue weighted by Gasteiger charge is -2.20. The number of nitrogens with one attached hydrogen (secondary N) is 2. The maximum Gasteiger partial charge on any atom is 0.225 e. The van der Waals surface area contributed by atoms with E-state index < -0.39 is 0 Å². The van der Waals surface area contributed by atoms with Crippen LogP contribution >= 0.6 is 0 Å². The van der Waals surface area contributed by atoms with Crippen LogP contribution in [0.1, 0.15) is 19.4 Å². The minimum absolute atomic E-state index is 0.0155. The Balaban J connectivity index is 1.88. The number of aromatic nitrogens is 3. The van der Waals surface area contributed by atoms with Crippen LogP contribution in [0.5, 0.6) is 0 Å². The molecule has 2 aromatic heterocycles. The Labute approximate surface area is 159 Å². The lowest BCUT2D eigenvalue weighted by atomic mass is 10.1. The van der Waals surface area contributed by atoms with Gasteiger partial charge in [-0.1, -0.05) is 50.2 Å². The number of anilines is 2. The van der Waals surface area contributed by atoms with Crippen molar-refractivity contribution in [3.8, 4) is 11.4 Å². The summed E-state index contributed by atoms with van der Waals surface area (Å²) in [6.07, 6.45) is 1.74. The Bertz CT molecular complexity index is 840. The number of rotatable bonds is 8. The number of hydrogen-bond donors (Lipinski definition) is 3. The Morgan fingerprint density at radius 1 is 0.963 bits per heavy atom. The molecular formula is C21H25N5O. The molecule has 0 radical (unpaired) electrons. The number of aliphatic hydroxyl groups excluding tert-OH is 1. The van der Waals surface area contributed by atoms with Crippen molar-refractivity contribution in [2.75, 3.05) is 17.2 Å². The first-order valence-electron chi connectivity index (χ1n) is 9.11. The van der Waals surface area contributed by atoms with Crippen LogP contribution in [0, 0.1) is 5.92 Å². The molecular weight excluding hydrogens is 338 g/mol. The molecule has 6 nitrogen and oxygen atoms in total. The molecule has 3 N–H and O–H groups in total. The van der Waals surface area contributed by atoms with Crippen molar-refractivity contribution in [2.24, 2.45) is 5.92 Å². The molecule has 0 fully saturated rings. The minimum Gasteiger partial charge on any atom is -0.394 e. The molecule has 140 valence electrons. The van der Waals surface area contributed by atoms with Crippen LogP contribution in [0.15, 0.2) is 60.8 Å². The summed E-state index contributed by atoms with van der Waals surface area (Å²) < 4.78 is 0. The van der Waals surface area contributed by atoms with Gasteiger partial charge in [-0.2, -0.15) is 4.98 Å². The standard InChI is InChI=1S/C21H25N5O/c1-15(2)19(14-27)25-21-24-18(17-10-6-7-11-22-17)12-20(26-21)23-13-16-8-4-3-5-9-16/h3-12,15,19,27H,13-14H2,1-2H3,(H2,23,24,25,26)/t19-/m1/s1. The van der Waals surface area contributed by atoms with Gasteiger partial charge >= 0.3 is 0 Å². The molecule has 0 unspecified atom stereocenters. The summed E-state index contributed by atoms with van der Waals surface area (Å²) >= 11 is 0. The maximum atomic E-state index is 9.62. The zero-order valence-corrected chi connectivity index (χ0v) is 15.6. The SMILES string of the molecule is CC(C)[C@@H](CO)Nc1nc(NCc2ccccc2)cc(-c2ccccn2)n1. The first-order valence-corrected chi connectivity index (χ1v) is 9.11. The third-order valence-electron chi connectivity index (χ3n) is 4.29. The first-order chi connectivity index (χ1) is 13.2. The van der Waals surface area contributed by atoms with E-state index in [4.69, 9.17) is 0 Å². The van der Waals surface area contributed by atoms with E-state index in [0.29, 0.717) is 18.3 Å². The summed E-state index contributed by atoms with van der Waals surface area (Å²) in [5, 5.41) is 16.2. The Morgan fingerprint density at radius 2 is 1.74 bits per heavy atom. The van der Waals surface area contributed by atoms with Crippen molar-refractivity contribution in [1.29, 1.82) is 0 Å². The highest BCUT2D eigenvalue weighted by molar-refractivity contribution is 5.61. The zero-order chi connectivity index (χ0) is 19.1. The topological polar surface area (TPSA) is 83.0 Å². The van der Waals surface area contributed by atoms with E-state index in [9.17, 15) is 5.11 Å². The third-order valence-corrected chi connectivity index (χ3v) is 4.29. The molecule has 0 aliphatic rings. The lowest BCUT2D eigenvalue weighted by Crippen LogP contribution is -2.30. The summed E-state index contributed by atoms with van der Waals surface area (Å²) in [6, 6.07) is 17.6. The quantitative estimate of drug-likeness (QED) is 0.567. The van der Waals surface area contributed by atoms with Gasteiger partial charge in [0.2, 0.25) is 5.95 Å². The van der Waals surface area contributed by atoms with Crippen LogP contribution in [0.4, 0.5) is 11.8 Å². The van der Waals surface area contributed by atoms with Gasteiger partial charge < -0.3 is 15.7 Å². The van der Waals surface area contributed by atoms with Gasteiger partial charge in [0.05, 0.1) is 24.0 Å². The molecule has 27 heavy (non-hydrogen) atoms. The second-order valence-electron chi connectivity index (χ2n) is 6.69. The molecule has 0 bridgehead atoms. The van der Waals surface area contributed by atoms with Gasteiger partial charge in [0.1, 0.15) is 5.82 Å². The average molecular weight is 363 g/mol. The molecule has 0 spiro atoms. The Morgan fingerprint density at radius 3 is 2.41 bits per heavy atom. The zero-order valence-electron chi connectivity index (χ0n) is 15.6. The van der Waals surface area contributed by atoms with Gasteiger partial charge in [-0.15, -0.1) is 0 Å². The van der Waals surface area contributed by atoms with Crippen LogP contribution in [0.3, 0.4) is 0 Å². The van der Waals surface area contributed by atoms with Gasteiger partial charge in [-0.05, 0) is 23.6 Å². The summed E-state index contributed by atoms with van der Waals surface area (Å²) in [5.74, 6) is 1.43. The average Bonchev–Trinajstić information content (AvgIpc) is 2.71. The number of pyridine rings is 1. The molecule has 3 aromatic rings. The molecule has 0 aliphatic heterocycles. The second-order valence-corrected chi connectivity index (χ2v) is 6.69. The maximum absolute atomic E-state index is 9.62. The molecule has 1 aromatic carbocycles. The van der Waals surface area contributed by atoms with Crippen molar-refractivity contribution >= 4 is 11.8 Å². The molecule has 3 rings (SSSR count). The van der Waals surface area contributed by atoms with Crippen LogP contribution in [0.25, 0.3) is 11.4 Å². The van der Waals surface area contributed by atoms with E-state index in [-0.39, 0.29) is 18.6 Å². The molecule has 2 heterocycles. The van der Waals surface area contributed by atoms with Crippen LogP contribution < -0.4 is 10.6 Å².